The van der Waals surface area contributed by atoms with Gasteiger partial charge in [0.15, 0.2) is 5.78 Å². The molecule has 2 heteroatoms. The van der Waals surface area contributed by atoms with E-state index in [4.69, 9.17) is 0 Å². The first kappa shape index (κ1) is 9.79. The topological polar surface area (TPSA) is 17.1 Å². The van der Waals surface area contributed by atoms with Crippen molar-refractivity contribution in [2.45, 2.75) is 13.3 Å². The second-order valence-electron chi connectivity index (χ2n) is 4.28. The Labute approximate surface area is 98.7 Å². The molecule has 1 aromatic carbocycles. The average molecular weight is 228 g/mol. The summed E-state index contributed by atoms with van der Waals surface area (Å²) in [5.41, 5.74) is 2.17. The van der Waals surface area contributed by atoms with Gasteiger partial charge < -0.3 is 0 Å². The highest BCUT2D eigenvalue weighted by Crippen LogP contribution is 2.38. The van der Waals surface area contributed by atoms with E-state index in [-0.39, 0.29) is 5.92 Å². The van der Waals surface area contributed by atoms with Crippen molar-refractivity contribution in [1.29, 1.82) is 0 Å². The van der Waals surface area contributed by atoms with Crippen LogP contribution in [0, 0.1) is 5.92 Å². The van der Waals surface area contributed by atoms with Gasteiger partial charge in [-0.3, -0.25) is 4.79 Å². The first-order valence-electron chi connectivity index (χ1n) is 5.48. The maximum atomic E-state index is 11.8. The molecule has 0 saturated carbocycles. The standard InChI is InChI=1S/C14H12OS/c1-9-7-13-11(14(9)15)8-12(16-13)10-5-3-2-4-6-10/h2-6,8-9H,7H2,1H3. The molecule has 0 bridgehead atoms. The van der Waals surface area contributed by atoms with E-state index in [2.05, 4.69) is 18.2 Å². The van der Waals surface area contributed by atoms with E-state index in [1.807, 2.05) is 25.1 Å². The molecule has 80 valence electrons. The van der Waals surface area contributed by atoms with Gasteiger partial charge in [0.1, 0.15) is 0 Å². The molecule has 16 heavy (non-hydrogen) atoms. The first-order valence-corrected chi connectivity index (χ1v) is 6.29. The fraction of sp³-hybridized carbons (Fsp3) is 0.214. The number of fused-ring (bicyclic) bond motifs is 1. The van der Waals surface area contributed by atoms with Gasteiger partial charge >= 0.3 is 0 Å². The van der Waals surface area contributed by atoms with Crippen molar-refractivity contribution in [2.75, 3.05) is 0 Å². The Morgan fingerprint density at radius 2 is 2.00 bits per heavy atom. The summed E-state index contributed by atoms with van der Waals surface area (Å²) in [6.45, 7) is 2.01. The lowest BCUT2D eigenvalue weighted by molar-refractivity contribution is 0.0946. The molecule has 1 aromatic heterocycles. The Morgan fingerprint density at radius 1 is 1.25 bits per heavy atom. The Hall–Kier alpha value is -1.41. The summed E-state index contributed by atoms with van der Waals surface area (Å²) in [6, 6.07) is 12.3. The lowest BCUT2D eigenvalue weighted by Crippen LogP contribution is -2.02. The molecule has 0 amide bonds. The van der Waals surface area contributed by atoms with Crippen LogP contribution in [-0.4, -0.2) is 5.78 Å². The van der Waals surface area contributed by atoms with Crippen LogP contribution in [0.5, 0.6) is 0 Å². The lowest BCUT2D eigenvalue weighted by atomic mass is 10.1. The Kier molecular flexibility index (Phi) is 2.18. The van der Waals surface area contributed by atoms with Gasteiger partial charge in [-0.05, 0) is 18.1 Å². The maximum Gasteiger partial charge on any atom is 0.167 e. The van der Waals surface area contributed by atoms with Crippen LogP contribution in [0.1, 0.15) is 22.2 Å². The fourth-order valence-corrected chi connectivity index (χ4v) is 3.47. The molecule has 1 nitrogen and oxygen atoms in total. The van der Waals surface area contributed by atoms with Gasteiger partial charge in [-0.25, -0.2) is 0 Å². The Morgan fingerprint density at radius 3 is 2.69 bits per heavy atom. The summed E-state index contributed by atoms with van der Waals surface area (Å²) >= 11 is 1.76. The van der Waals surface area contributed by atoms with Crippen LogP contribution in [0.3, 0.4) is 0 Å². The van der Waals surface area contributed by atoms with E-state index in [0.29, 0.717) is 5.78 Å². The summed E-state index contributed by atoms with van der Waals surface area (Å²) in [6.07, 6.45) is 0.922. The number of rotatable bonds is 1. The maximum absolute atomic E-state index is 11.8. The number of hydrogen-bond donors (Lipinski definition) is 0. The minimum absolute atomic E-state index is 0.186. The Balaban J connectivity index is 2.06. The molecule has 0 aliphatic heterocycles. The number of thiophene rings is 1. The van der Waals surface area contributed by atoms with E-state index in [0.717, 1.165) is 12.0 Å². The van der Waals surface area contributed by atoms with E-state index in [9.17, 15) is 4.79 Å². The van der Waals surface area contributed by atoms with Crippen molar-refractivity contribution in [1.82, 2.24) is 0 Å². The molecule has 0 spiro atoms. The van der Waals surface area contributed by atoms with E-state index >= 15 is 0 Å². The van der Waals surface area contributed by atoms with Gasteiger partial charge in [-0.1, -0.05) is 37.3 Å². The third-order valence-corrected chi connectivity index (χ3v) is 4.28. The second kappa shape index (κ2) is 3.56. The number of benzene rings is 1. The van der Waals surface area contributed by atoms with Gasteiger partial charge in [0, 0.05) is 21.2 Å². The van der Waals surface area contributed by atoms with E-state index in [1.165, 1.54) is 15.3 Å². The van der Waals surface area contributed by atoms with Crippen molar-refractivity contribution in [2.24, 2.45) is 5.92 Å². The zero-order valence-corrected chi connectivity index (χ0v) is 9.88. The lowest BCUT2D eigenvalue weighted by Gasteiger charge is -1.98. The minimum Gasteiger partial charge on any atom is -0.294 e. The van der Waals surface area contributed by atoms with E-state index in [1.54, 1.807) is 11.3 Å². The van der Waals surface area contributed by atoms with Gasteiger partial charge in [-0.2, -0.15) is 0 Å². The van der Waals surface area contributed by atoms with Crippen molar-refractivity contribution < 1.29 is 4.79 Å². The highest BCUT2D eigenvalue weighted by molar-refractivity contribution is 7.16. The van der Waals surface area contributed by atoms with Crippen molar-refractivity contribution in [3.63, 3.8) is 0 Å². The number of carbonyl (C=O) groups is 1. The largest absolute Gasteiger partial charge is 0.294 e. The third-order valence-electron chi connectivity index (χ3n) is 3.07. The molecule has 1 atom stereocenters. The molecular formula is C14H12OS. The second-order valence-corrected chi connectivity index (χ2v) is 5.42. The van der Waals surface area contributed by atoms with Crippen LogP contribution in [0.25, 0.3) is 10.4 Å². The third kappa shape index (κ3) is 1.41. The molecule has 0 saturated heterocycles. The zero-order valence-electron chi connectivity index (χ0n) is 9.07. The number of Topliss-reactive ketones (excluding diaryl/α,β-unsaturated/α-hetero) is 1. The van der Waals surface area contributed by atoms with Crippen LogP contribution in [0.15, 0.2) is 36.4 Å². The normalized spacial score (nSPS) is 18.8. The molecule has 0 fully saturated rings. The summed E-state index contributed by atoms with van der Waals surface area (Å²) in [5.74, 6) is 0.500. The summed E-state index contributed by atoms with van der Waals surface area (Å²) in [4.78, 5) is 14.3. The van der Waals surface area contributed by atoms with Crippen molar-refractivity contribution >= 4 is 17.1 Å². The fourth-order valence-electron chi connectivity index (χ4n) is 2.17. The van der Waals surface area contributed by atoms with Crippen LogP contribution in [-0.2, 0) is 6.42 Å². The molecule has 1 heterocycles. The van der Waals surface area contributed by atoms with Crippen LogP contribution >= 0.6 is 11.3 Å². The van der Waals surface area contributed by atoms with Crippen molar-refractivity contribution in [3.05, 3.63) is 46.8 Å². The monoisotopic (exact) mass is 228 g/mol. The van der Waals surface area contributed by atoms with Crippen LogP contribution < -0.4 is 0 Å². The first-order chi connectivity index (χ1) is 7.75. The molecule has 3 rings (SSSR count). The molecule has 1 aliphatic rings. The molecule has 1 unspecified atom stereocenters. The van der Waals surface area contributed by atoms with Gasteiger partial charge in [0.25, 0.3) is 0 Å². The summed E-state index contributed by atoms with van der Waals surface area (Å²) in [5, 5.41) is 0. The van der Waals surface area contributed by atoms with Crippen molar-refractivity contribution in [3.8, 4) is 10.4 Å². The van der Waals surface area contributed by atoms with Crippen LogP contribution in [0.4, 0.5) is 0 Å². The molecular weight excluding hydrogens is 216 g/mol. The predicted molar refractivity (Wildman–Crippen MR) is 67.0 cm³/mol. The highest BCUT2D eigenvalue weighted by atomic mass is 32.1. The Bertz CT molecular complexity index is 539. The summed E-state index contributed by atoms with van der Waals surface area (Å²) < 4.78 is 0. The SMILES string of the molecule is CC1Cc2sc(-c3ccccc3)cc2C1=O. The minimum atomic E-state index is 0.186. The van der Waals surface area contributed by atoms with Gasteiger partial charge in [-0.15, -0.1) is 11.3 Å². The molecule has 0 radical (unpaired) electrons. The number of ketones is 1. The zero-order chi connectivity index (χ0) is 11.1. The molecule has 1 aliphatic carbocycles. The highest BCUT2D eigenvalue weighted by Gasteiger charge is 2.29. The van der Waals surface area contributed by atoms with Crippen LogP contribution in [0.2, 0.25) is 0 Å². The van der Waals surface area contributed by atoms with Gasteiger partial charge in [0.2, 0.25) is 0 Å². The number of hydrogen-bond acceptors (Lipinski definition) is 2. The molecule has 2 aromatic rings. The predicted octanol–water partition coefficient (Wildman–Crippen LogP) is 3.79. The molecule has 0 N–H and O–H groups in total. The van der Waals surface area contributed by atoms with E-state index < -0.39 is 0 Å². The van der Waals surface area contributed by atoms with Gasteiger partial charge in [0.05, 0.1) is 0 Å². The average Bonchev–Trinajstić information content (AvgIpc) is 2.82. The summed E-state index contributed by atoms with van der Waals surface area (Å²) in [7, 11) is 0. The number of carbonyl (C=O) groups excluding carboxylic acids is 1. The quantitative estimate of drug-likeness (QED) is 0.725. The smallest absolute Gasteiger partial charge is 0.167 e.